The molecule has 0 aliphatic carbocycles. The van der Waals surface area contributed by atoms with Crippen molar-refractivity contribution in [2.75, 3.05) is 6.54 Å². The third-order valence-electron chi connectivity index (χ3n) is 1.79. The minimum atomic E-state index is 0.0757. The van der Waals surface area contributed by atoms with Crippen LogP contribution in [-0.2, 0) is 0 Å². The number of nitrogens with zero attached hydrogens (tertiary/aromatic N) is 3. The molecule has 14 heavy (non-hydrogen) atoms. The predicted molar refractivity (Wildman–Crippen MR) is 54.8 cm³/mol. The van der Waals surface area contributed by atoms with E-state index in [-0.39, 0.29) is 5.75 Å². The molecule has 0 atom stereocenters. The van der Waals surface area contributed by atoms with Crippen molar-refractivity contribution in [3.63, 3.8) is 0 Å². The highest BCUT2D eigenvalue weighted by Crippen LogP contribution is 2.21. The number of unbranched alkanes of at least 4 members (excludes halogenated alkanes) is 2. The first-order valence-electron chi connectivity index (χ1n) is 4.86. The summed E-state index contributed by atoms with van der Waals surface area (Å²) in [4.78, 5) is 3.89. The van der Waals surface area contributed by atoms with Gasteiger partial charge in [0.1, 0.15) is 0 Å². The molecule has 0 bridgehead atoms. The smallest absolute Gasteiger partial charge is 0.216 e. The number of aromatic nitrogens is 1. The Morgan fingerprint density at radius 2 is 2.29 bits per heavy atom. The molecule has 0 saturated heterocycles. The topological polar surface area (TPSA) is 57.8 Å². The Balaban J connectivity index is 2.40. The van der Waals surface area contributed by atoms with Crippen LogP contribution in [0.5, 0.6) is 5.75 Å². The average molecular weight is 193 g/mol. The van der Waals surface area contributed by atoms with Crippen molar-refractivity contribution in [2.24, 2.45) is 10.2 Å². The van der Waals surface area contributed by atoms with E-state index in [0.717, 1.165) is 12.8 Å². The summed E-state index contributed by atoms with van der Waals surface area (Å²) < 4.78 is 0. The molecule has 1 aromatic heterocycles. The van der Waals surface area contributed by atoms with Gasteiger partial charge in [0, 0.05) is 6.20 Å². The lowest BCUT2D eigenvalue weighted by Crippen LogP contribution is -1.79. The molecule has 1 heterocycles. The van der Waals surface area contributed by atoms with E-state index in [1.54, 1.807) is 18.3 Å². The van der Waals surface area contributed by atoms with Gasteiger partial charge in [0.05, 0.1) is 6.54 Å². The molecule has 4 heteroatoms. The Bertz CT molecular complexity index is 299. The molecule has 0 aromatic carbocycles. The third-order valence-corrected chi connectivity index (χ3v) is 1.79. The maximum Gasteiger partial charge on any atom is 0.216 e. The van der Waals surface area contributed by atoms with Gasteiger partial charge >= 0.3 is 0 Å². The van der Waals surface area contributed by atoms with Crippen LogP contribution < -0.4 is 0 Å². The molecular formula is C10H15N3O. The number of aromatic hydroxyl groups is 1. The molecule has 4 nitrogen and oxygen atoms in total. The van der Waals surface area contributed by atoms with Crippen molar-refractivity contribution in [2.45, 2.75) is 26.2 Å². The first-order valence-corrected chi connectivity index (χ1v) is 4.86. The van der Waals surface area contributed by atoms with Crippen LogP contribution in [0.3, 0.4) is 0 Å². The highest BCUT2D eigenvalue weighted by Gasteiger charge is 1.96. The Morgan fingerprint density at radius 1 is 1.43 bits per heavy atom. The molecule has 0 radical (unpaired) electrons. The van der Waals surface area contributed by atoms with Gasteiger partial charge in [0.25, 0.3) is 0 Å². The maximum absolute atomic E-state index is 9.30. The number of hydrogen-bond acceptors (Lipinski definition) is 4. The second-order valence-corrected chi connectivity index (χ2v) is 3.02. The van der Waals surface area contributed by atoms with Crippen LogP contribution in [0.4, 0.5) is 5.82 Å². The van der Waals surface area contributed by atoms with Crippen molar-refractivity contribution in [3.8, 4) is 5.75 Å². The molecule has 0 unspecified atom stereocenters. The molecule has 0 aliphatic rings. The molecule has 1 aromatic rings. The van der Waals surface area contributed by atoms with Crippen LogP contribution in [0.2, 0.25) is 0 Å². The minimum Gasteiger partial charge on any atom is -0.504 e. The van der Waals surface area contributed by atoms with Gasteiger partial charge in [-0.25, -0.2) is 4.98 Å². The molecule has 1 rings (SSSR count). The quantitative estimate of drug-likeness (QED) is 0.577. The molecule has 0 spiro atoms. The van der Waals surface area contributed by atoms with Crippen molar-refractivity contribution in [3.05, 3.63) is 18.3 Å². The van der Waals surface area contributed by atoms with Gasteiger partial charge < -0.3 is 5.11 Å². The summed E-state index contributed by atoms with van der Waals surface area (Å²) in [5.74, 6) is 0.371. The first kappa shape index (κ1) is 10.6. The van der Waals surface area contributed by atoms with Gasteiger partial charge in [0.2, 0.25) is 5.82 Å². The Hall–Kier alpha value is -1.45. The molecule has 0 aliphatic heterocycles. The highest BCUT2D eigenvalue weighted by atomic mass is 16.3. The van der Waals surface area contributed by atoms with E-state index in [9.17, 15) is 5.11 Å². The van der Waals surface area contributed by atoms with Gasteiger partial charge in [-0.1, -0.05) is 19.8 Å². The summed E-state index contributed by atoms with van der Waals surface area (Å²) in [6, 6.07) is 3.21. The minimum absolute atomic E-state index is 0.0757. The van der Waals surface area contributed by atoms with Crippen LogP contribution in [0.25, 0.3) is 0 Å². The molecule has 1 N–H and O–H groups in total. The van der Waals surface area contributed by atoms with Crippen molar-refractivity contribution in [1.29, 1.82) is 0 Å². The number of azo groups is 1. The second kappa shape index (κ2) is 6.07. The fraction of sp³-hybridized carbons (Fsp3) is 0.500. The van der Waals surface area contributed by atoms with E-state index in [1.165, 1.54) is 6.42 Å². The first-order chi connectivity index (χ1) is 6.84. The Kier molecular flexibility index (Phi) is 4.61. The van der Waals surface area contributed by atoms with E-state index in [4.69, 9.17) is 0 Å². The molecular weight excluding hydrogens is 178 g/mol. The summed E-state index contributed by atoms with van der Waals surface area (Å²) in [5.41, 5.74) is 0. The summed E-state index contributed by atoms with van der Waals surface area (Å²) in [7, 11) is 0. The summed E-state index contributed by atoms with van der Waals surface area (Å²) >= 11 is 0. The largest absolute Gasteiger partial charge is 0.504 e. The van der Waals surface area contributed by atoms with Gasteiger partial charge in [0.15, 0.2) is 5.75 Å². The van der Waals surface area contributed by atoms with E-state index >= 15 is 0 Å². The zero-order valence-corrected chi connectivity index (χ0v) is 8.35. The summed E-state index contributed by atoms with van der Waals surface area (Å²) in [6.07, 6.45) is 4.95. The van der Waals surface area contributed by atoms with Crippen LogP contribution in [0, 0.1) is 0 Å². The summed E-state index contributed by atoms with van der Waals surface area (Å²) in [5, 5.41) is 17.1. The Morgan fingerprint density at radius 3 is 3.00 bits per heavy atom. The molecule has 0 amide bonds. The van der Waals surface area contributed by atoms with E-state index < -0.39 is 0 Å². The van der Waals surface area contributed by atoms with Crippen molar-refractivity contribution < 1.29 is 5.11 Å². The zero-order chi connectivity index (χ0) is 10.2. The highest BCUT2D eigenvalue weighted by molar-refractivity contribution is 5.41. The van der Waals surface area contributed by atoms with Crippen molar-refractivity contribution >= 4 is 5.82 Å². The lowest BCUT2D eigenvalue weighted by Gasteiger charge is -1.94. The average Bonchev–Trinajstić information content (AvgIpc) is 2.20. The van der Waals surface area contributed by atoms with Gasteiger partial charge in [-0.2, -0.15) is 5.11 Å². The predicted octanol–water partition coefficient (Wildman–Crippen LogP) is 3.06. The molecule has 0 saturated carbocycles. The lowest BCUT2D eigenvalue weighted by molar-refractivity contribution is 0.473. The number of pyridine rings is 1. The van der Waals surface area contributed by atoms with E-state index in [1.807, 2.05) is 0 Å². The number of rotatable bonds is 5. The lowest BCUT2D eigenvalue weighted by atomic mass is 10.3. The van der Waals surface area contributed by atoms with Crippen LogP contribution >= 0.6 is 0 Å². The maximum atomic E-state index is 9.30. The Labute approximate surface area is 83.7 Å². The standard InChI is InChI=1S/C10H15N3O/c1-2-3-4-8-12-13-10-9(14)6-5-7-11-10/h5-7,14H,2-4,8H2,1H3/b13-12+. The van der Waals surface area contributed by atoms with Crippen LogP contribution in [-0.4, -0.2) is 16.6 Å². The molecule has 76 valence electrons. The second-order valence-electron chi connectivity index (χ2n) is 3.02. The molecule has 0 fully saturated rings. The van der Waals surface area contributed by atoms with E-state index in [0.29, 0.717) is 12.4 Å². The monoisotopic (exact) mass is 193 g/mol. The fourth-order valence-corrected chi connectivity index (χ4v) is 1.02. The van der Waals surface area contributed by atoms with Crippen LogP contribution in [0.1, 0.15) is 26.2 Å². The zero-order valence-electron chi connectivity index (χ0n) is 8.35. The van der Waals surface area contributed by atoms with E-state index in [2.05, 4.69) is 22.1 Å². The summed E-state index contributed by atoms with van der Waals surface area (Å²) in [6.45, 7) is 2.84. The number of hydrogen-bond donors (Lipinski definition) is 1. The fourth-order valence-electron chi connectivity index (χ4n) is 1.02. The van der Waals surface area contributed by atoms with Crippen LogP contribution in [0.15, 0.2) is 28.6 Å². The van der Waals surface area contributed by atoms with Gasteiger partial charge in [-0.3, -0.25) is 0 Å². The van der Waals surface area contributed by atoms with Gasteiger partial charge in [-0.05, 0) is 18.6 Å². The van der Waals surface area contributed by atoms with Crippen molar-refractivity contribution in [1.82, 2.24) is 4.98 Å². The third kappa shape index (κ3) is 3.51. The SMILES string of the molecule is CCCCC/N=N/c1ncccc1O. The van der Waals surface area contributed by atoms with Gasteiger partial charge in [-0.15, -0.1) is 5.11 Å². The normalized spacial score (nSPS) is 10.9.